The van der Waals surface area contributed by atoms with Crippen molar-refractivity contribution in [3.05, 3.63) is 24.3 Å². The third-order valence-corrected chi connectivity index (χ3v) is 3.12. The van der Waals surface area contributed by atoms with Gasteiger partial charge in [-0.2, -0.15) is 0 Å². The predicted octanol–water partition coefficient (Wildman–Crippen LogP) is 0.114. The van der Waals surface area contributed by atoms with Crippen molar-refractivity contribution in [3.63, 3.8) is 0 Å². The molecule has 0 radical (unpaired) electrons. The molecule has 1 aliphatic heterocycles. The Morgan fingerprint density at radius 3 is 2.41 bits per heavy atom. The molecule has 0 aliphatic carbocycles. The average Bonchev–Trinajstić information content (AvgIpc) is 2.49. The van der Waals surface area contributed by atoms with E-state index in [9.17, 15) is 9.59 Å². The van der Waals surface area contributed by atoms with Crippen molar-refractivity contribution < 1.29 is 14.3 Å². The molecule has 0 spiro atoms. The molecule has 3 N–H and O–H groups in total. The van der Waals surface area contributed by atoms with Crippen molar-refractivity contribution in [1.29, 1.82) is 0 Å². The lowest BCUT2D eigenvalue weighted by molar-refractivity contribution is -0.128. The number of ether oxygens (including phenoxy) is 1. The van der Waals surface area contributed by atoms with E-state index >= 15 is 0 Å². The van der Waals surface area contributed by atoms with Gasteiger partial charge in [-0.25, -0.2) is 0 Å². The molecule has 0 bridgehead atoms. The van der Waals surface area contributed by atoms with Gasteiger partial charge in [-0.05, 0) is 38.4 Å². The smallest absolute Gasteiger partial charge is 0.254 e. The highest BCUT2D eigenvalue weighted by molar-refractivity contribution is 5.95. The summed E-state index contributed by atoms with van der Waals surface area (Å²) in [4.78, 5) is 25.4. The molecular formula is C15H22N4O3. The lowest BCUT2D eigenvalue weighted by Gasteiger charge is -2.22. The number of amides is 2. The lowest BCUT2D eigenvalue weighted by atomic mass is 10.2. The van der Waals surface area contributed by atoms with Gasteiger partial charge in [0.05, 0.1) is 13.2 Å². The molecule has 1 heterocycles. The summed E-state index contributed by atoms with van der Waals surface area (Å²) >= 11 is 0. The van der Waals surface area contributed by atoms with Crippen LogP contribution in [-0.4, -0.2) is 63.2 Å². The van der Waals surface area contributed by atoms with Gasteiger partial charge < -0.3 is 25.6 Å². The Morgan fingerprint density at radius 2 is 1.86 bits per heavy atom. The van der Waals surface area contributed by atoms with Crippen LogP contribution in [0, 0.1) is 0 Å². The summed E-state index contributed by atoms with van der Waals surface area (Å²) in [5.41, 5.74) is 1.37. The zero-order valence-electron chi connectivity index (χ0n) is 12.9. The predicted molar refractivity (Wildman–Crippen MR) is 84.9 cm³/mol. The number of rotatable bonds is 5. The van der Waals surface area contributed by atoms with Crippen LogP contribution >= 0.6 is 0 Å². The number of nitrogens with one attached hydrogen (secondary N) is 3. The molecular weight excluding hydrogens is 284 g/mol. The van der Waals surface area contributed by atoms with Crippen LogP contribution in [0.25, 0.3) is 0 Å². The maximum absolute atomic E-state index is 12.0. The molecule has 7 nitrogen and oxygen atoms in total. The summed E-state index contributed by atoms with van der Waals surface area (Å²) in [5.74, 6) is -0.250. The molecule has 1 fully saturated rings. The lowest BCUT2D eigenvalue weighted by Crippen LogP contribution is -2.45. The average molecular weight is 306 g/mol. The minimum Gasteiger partial charge on any atom is -0.366 e. The third kappa shape index (κ3) is 5.10. The normalized spacial score (nSPS) is 18.0. The zero-order chi connectivity index (χ0) is 15.9. The molecule has 7 heteroatoms. The Labute approximate surface area is 130 Å². The summed E-state index contributed by atoms with van der Waals surface area (Å²) in [6.45, 7) is 2.15. The maximum Gasteiger partial charge on any atom is 0.254 e. The van der Waals surface area contributed by atoms with Crippen LogP contribution in [0.5, 0.6) is 0 Å². The standard InChI is InChI=1S/C15H22N4O3/c1-19(2)10-14(20)17-11-3-5-12(6-4-11)18-15(21)13-9-16-7-8-22-13/h3-6,13,16H,7-10H2,1-2H3,(H,17,20)(H,18,21). The largest absolute Gasteiger partial charge is 0.366 e. The van der Waals surface area contributed by atoms with Crippen LogP contribution in [0.1, 0.15) is 0 Å². The van der Waals surface area contributed by atoms with Crippen molar-refractivity contribution in [2.24, 2.45) is 0 Å². The molecule has 2 amide bonds. The van der Waals surface area contributed by atoms with E-state index < -0.39 is 6.10 Å². The number of carbonyl (C=O) groups excluding carboxylic acids is 2. The van der Waals surface area contributed by atoms with Crippen molar-refractivity contribution >= 4 is 23.2 Å². The highest BCUT2D eigenvalue weighted by Gasteiger charge is 2.21. The van der Waals surface area contributed by atoms with Crippen LogP contribution < -0.4 is 16.0 Å². The van der Waals surface area contributed by atoms with Crippen LogP contribution in [0.3, 0.4) is 0 Å². The molecule has 0 saturated carbocycles. The Bertz CT molecular complexity index is 510. The van der Waals surface area contributed by atoms with Crippen LogP contribution in [-0.2, 0) is 14.3 Å². The number of carbonyl (C=O) groups is 2. The van der Waals surface area contributed by atoms with Crippen LogP contribution in [0.2, 0.25) is 0 Å². The quantitative estimate of drug-likeness (QED) is 0.719. The van der Waals surface area contributed by atoms with Crippen molar-refractivity contribution in [1.82, 2.24) is 10.2 Å². The second kappa shape index (κ2) is 7.88. The molecule has 1 aromatic carbocycles. The number of likely N-dealkylation sites (N-methyl/N-ethyl adjacent to an activating group) is 1. The second-order valence-corrected chi connectivity index (χ2v) is 5.42. The highest BCUT2D eigenvalue weighted by atomic mass is 16.5. The molecule has 120 valence electrons. The van der Waals surface area contributed by atoms with Gasteiger partial charge in [0.15, 0.2) is 0 Å². The molecule has 22 heavy (non-hydrogen) atoms. The minimum atomic E-state index is -0.465. The Hall–Kier alpha value is -1.96. The summed E-state index contributed by atoms with van der Waals surface area (Å²) in [7, 11) is 3.67. The van der Waals surface area contributed by atoms with E-state index in [-0.39, 0.29) is 11.8 Å². The molecule has 1 aromatic rings. The minimum absolute atomic E-state index is 0.0801. The summed E-state index contributed by atoms with van der Waals surface area (Å²) < 4.78 is 5.39. The van der Waals surface area contributed by atoms with Crippen molar-refractivity contribution in [2.75, 3.05) is 51.0 Å². The van der Waals surface area contributed by atoms with Gasteiger partial charge in [0.1, 0.15) is 6.10 Å². The van der Waals surface area contributed by atoms with E-state index in [2.05, 4.69) is 16.0 Å². The van der Waals surface area contributed by atoms with Crippen molar-refractivity contribution in [3.8, 4) is 0 Å². The number of nitrogens with zero attached hydrogens (tertiary/aromatic N) is 1. The molecule has 1 aliphatic rings. The number of morpholine rings is 1. The van der Waals surface area contributed by atoms with Gasteiger partial charge in [0, 0.05) is 24.5 Å². The first-order valence-corrected chi connectivity index (χ1v) is 7.22. The van der Waals surface area contributed by atoms with E-state index in [1.54, 1.807) is 29.2 Å². The molecule has 1 saturated heterocycles. The molecule has 1 atom stereocenters. The first-order chi connectivity index (χ1) is 10.5. The number of hydrogen-bond acceptors (Lipinski definition) is 5. The van der Waals surface area contributed by atoms with Gasteiger partial charge >= 0.3 is 0 Å². The molecule has 0 aromatic heterocycles. The fourth-order valence-electron chi connectivity index (χ4n) is 2.08. The van der Waals surface area contributed by atoms with Crippen molar-refractivity contribution in [2.45, 2.75) is 6.10 Å². The highest BCUT2D eigenvalue weighted by Crippen LogP contribution is 2.14. The van der Waals surface area contributed by atoms with E-state index in [1.165, 1.54) is 0 Å². The Kier molecular flexibility index (Phi) is 5.88. The van der Waals surface area contributed by atoms with Crippen LogP contribution in [0.15, 0.2) is 24.3 Å². The first kappa shape index (κ1) is 16.4. The second-order valence-electron chi connectivity index (χ2n) is 5.42. The topological polar surface area (TPSA) is 82.7 Å². The summed E-state index contributed by atoms with van der Waals surface area (Å²) in [5, 5.41) is 8.70. The number of hydrogen-bond donors (Lipinski definition) is 3. The Morgan fingerprint density at radius 1 is 1.23 bits per heavy atom. The number of benzene rings is 1. The molecule has 1 unspecified atom stereocenters. The van der Waals surface area contributed by atoms with Gasteiger partial charge in [-0.3, -0.25) is 9.59 Å². The van der Waals surface area contributed by atoms with Crippen LogP contribution in [0.4, 0.5) is 11.4 Å². The fraction of sp³-hybridized carbons (Fsp3) is 0.467. The maximum atomic E-state index is 12.0. The van der Waals surface area contributed by atoms with E-state index in [1.807, 2.05) is 14.1 Å². The van der Waals surface area contributed by atoms with E-state index in [0.717, 1.165) is 6.54 Å². The Balaban J connectivity index is 1.86. The summed E-state index contributed by atoms with van der Waals surface area (Å²) in [6, 6.07) is 7.01. The van der Waals surface area contributed by atoms with Gasteiger partial charge in [-0.1, -0.05) is 0 Å². The molecule has 2 rings (SSSR count). The van der Waals surface area contributed by atoms with E-state index in [0.29, 0.717) is 31.1 Å². The summed E-state index contributed by atoms with van der Waals surface area (Å²) in [6.07, 6.45) is -0.465. The fourth-order valence-corrected chi connectivity index (χ4v) is 2.08. The van der Waals surface area contributed by atoms with E-state index in [4.69, 9.17) is 4.74 Å². The monoisotopic (exact) mass is 306 g/mol. The number of anilines is 2. The first-order valence-electron chi connectivity index (χ1n) is 7.22. The van der Waals surface area contributed by atoms with Gasteiger partial charge in [0.2, 0.25) is 5.91 Å². The van der Waals surface area contributed by atoms with Gasteiger partial charge in [-0.15, -0.1) is 0 Å². The SMILES string of the molecule is CN(C)CC(=O)Nc1ccc(NC(=O)C2CNCCO2)cc1. The van der Waals surface area contributed by atoms with Gasteiger partial charge in [0.25, 0.3) is 5.91 Å². The zero-order valence-corrected chi connectivity index (χ0v) is 12.9. The third-order valence-electron chi connectivity index (χ3n) is 3.12.